The Hall–Kier alpha value is -1.33. The number of carbonyl (C=O) groups is 1. The minimum Gasteiger partial charge on any atom is -0.464 e. The molecule has 0 aliphatic heterocycles. The third-order valence-electron chi connectivity index (χ3n) is 2.26. The Balaban J connectivity index is 2.92. The fourth-order valence-corrected chi connectivity index (χ4v) is 1.76. The van der Waals surface area contributed by atoms with Crippen LogP contribution in [-0.2, 0) is 9.53 Å². The SMILES string of the molecule is CCOC(=O)C(C)Nc1cc(Cl)ccc1C(N)=S. The van der Waals surface area contributed by atoms with Crippen LogP contribution in [0.3, 0.4) is 0 Å². The van der Waals surface area contributed by atoms with Gasteiger partial charge in [0.05, 0.1) is 6.61 Å². The Bertz CT molecular complexity index is 465. The lowest BCUT2D eigenvalue weighted by atomic mass is 10.1. The molecule has 0 aliphatic carbocycles. The van der Waals surface area contributed by atoms with Crippen molar-refractivity contribution in [1.29, 1.82) is 0 Å². The maximum Gasteiger partial charge on any atom is 0.328 e. The summed E-state index contributed by atoms with van der Waals surface area (Å²) in [4.78, 5) is 11.8. The fourth-order valence-electron chi connectivity index (χ4n) is 1.41. The molecule has 0 amide bonds. The molecule has 18 heavy (non-hydrogen) atoms. The Morgan fingerprint density at radius 1 is 1.61 bits per heavy atom. The van der Waals surface area contributed by atoms with Crippen molar-refractivity contribution in [3.05, 3.63) is 28.8 Å². The Kier molecular flexibility index (Phi) is 5.37. The first kappa shape index (κ1) is 14.7. The summed E-state index contributed by atoms with van der Waals surface area (Å²) in [5.74, 6) is -0.341. The highest BCUT2D eigenvalue weighted by Crippen LogP contribution is 2.22. The van der Waals surface area contributed by atoms with Gasteiger partial charge < -0.3 is 15.8 Å². The third-order valence-corrected chi connectivity index (χ3v) is 2.71. The van der Waals surface area contributed by atoms with Gasteiger partial charge in [-0.3, -0.25) is 0 Å². The Labute approximate surface area is 116 Å². The topological polar surface area (TPSA) is 64.3 Å². The van der Waals surface area contributed by atoms with Crippen molar-refractivity contribution in [3.63, 3.8) is 0 Å². The molecule has 1 atom stereocenters. The molecule has 0 saturated carbocycles. The van der Waals surface area contributed by atoms with Gasteiger partial charge >= 0.3 is 5.97 Å². The zero-order valence-electron chi connectivity index (χ0n) is 10.2. The number of hydrogen-bond donors (Lipinski definition) is 2. The molecule has 0 saturated heterocycles. The lowest BCUT2D eigenvalue weighted by Gasteiger charge is -2.16. The van der Waals surface area contributed by atoms with E-state index in [1.165, 1.54) is 0 Å². The van der Waals surface area contributed by atoms with Crippen LogP contribution in [0.25, 0.3) is 0 Å². The molecule has 0 aromatic heterocycles. The summed E-state index contributed by atoms with van der Waals surface area (Å²) in [5.41, 5.74) is 6.87. The maximum atomic E-state index is 11.5. The van der Waals surface area contributed by atoms with Gasteiger partial charge in [-0.25, -0.2) is 4.79 Å². The number of anilines is 1. The van der Waals surface area contributed by atoms with Gasteiger partial charge in [0.15, 0.2) is 0 Å². The van der Waals surface area contributed by atoms with Gasteiger partial charge in [-0.1, -0.05) is 23.8 Å². The summed E-state index contributed by atoms with van der Waals surface area (Å²) in [6.07, 6.45) is 0. The van der Waals surface area contributed by atoms with E-state index in [-0.39, 0.29) is 11.0 Å². The number of nitrogens with two attached hydrogens (primary N) is 1. The predicted octanol–water partition coefficient (Wildman–Crippen LogP) is 2.34. The number of esters is 1. The van der Waals surface area contributed by atoms with Gasteiger partial charge in [0, 0.05) is 16.3 Å². The van der Waals surface area contributed by atoms with Crippen LogP contribution in [0.4, 0.5) is 5.69 Å². The molecule has 1 aromatic rings. The van der Waals surface area contributed by atoms with Gasteiger partial charge in [0.2, 0.25) is 0 Å². The first-order valence-electron chi connectivity index (χ1n) is 5.48. The number of carbonyl (C=O) groups excluding carboxylic acids is 1. The highest BCUT2D eigenvalue weighted by atomic mass is 35.5. The fraction of sp³-hybridized carbons (Fsp3) is 0.333. The van der Waals surface area contributed by atoms with Crippen LogP contribution in [0.1, 0.15) is 19.4 Å². The molecule has 1 rings (SSSR count). The Morgan fingerprint density at radius 2 is 2.28 bits per heavy atom. The summed E-state index contributed by atoms with van der Waals surface area (Å²) in [7, 11) is 0. The van der Waals surface area contributed by atoms with E-state index >= 15 is 0 Å². The molecule has 0 heterocycles. The van der Waals surface area contributed by atoms with E-state index in [2.05, 4.69) is 5.32 Å². The van der Waals surface area contributed by atoms with Crippen LogP contribution in [0.5, 0.6) is 0 Å². The van der Waals surface area contributed by atoms with E-state index in [4.69, 9.17) is 34.3 Å². The van der Waals surface area contributed by atoms with Gasteiger partial charge in [-0.05, 0) is 32.0 Å². The Morgan fingerprint density at radius 3 is 2.83 bits per heavy atom. The van der Waals surface area contributed by atoms with Crippen LogP contribution in [-0.4, -0.2) is 23.6 Å². The van der Waals surface area contributed by atoms with Crippen molar-refractivity contribution in [2.24, 2.45) is 5.73 Å². The number of halogens is 1. The van der Waals surface area contributed by atoms with Gasteiger partial charge in [-0.2, -0.15) is 0 Å². The summed E-state index contributed by atoms with van der Waals surface area (Å²) >= 11 is 10.8. The third kappa shape index (κ3) is 3.85. The van der Waals surface area contributed by atoms with Gasteiger partial charge in [-0.15, -0.1) is 0 Å². The molecule has 98 valence electrons. The van der Waals surface area contributed by atoms with Crippen LogP contribution >= 0.6 is 23.8 Å². The zero-order chi connectivity index (χ0) is 13.7. The van der Waals surface area contributed by atoms with Crippen LogP contribution < -0.4 is 11.1 Å². The van der Waals surface area contributed by atoms with E-state index in [1.807, 2.05) is 0 Å². The second-order valence-corrected chi connectivity index (χ2v) is 4.55. The molecule has 4 nitrogen and oxygen atoms in total. The first-order chi connectivity index (χ1) is 8.45. The highest BCUT2D eigenvalue weighted by molar-refractivity contribution is 7.80. The largest absolute Gasteiger partial charge is 0.464 e. The number of nitrogens with one attached hydrogen (secondary N) is 1. The molecular formula is C12H15ClN2O2S. The van der Waals surface area contributed by atoms with Gasteiger partial charge in [0.25, 0.3) is 0 Å². The number of rotatable bonds is 5. The first-order valence-corrected chi connectivity index (χ1v) is 6.26. The minimum atomic E-state index is -0.503. The monoisotopic (exact) mass is 286 g/mol. The maximum absolute atomic E-state index is 11.5. The van der Waals surface area contributed by atoms with Crippen LogP contribution in [0.2, 0.25) is 5.02 Å². The summed E-state index contributed by atoms with van der Waals surface area (Å²) in [6, 6.07) is 4.57. The number of hydrogen-bond acceptors (Lipinski definition) is 4. The lowest BCUT2D eigenvalue weighted by Crippen LogP contribution is -2.29. The summed E-state index contributed by atoms with van der Waals surface area (Å²) in [6.45, 7) is 3.79. The minimum absolute atomic E-state index is 0.241. The van der Waals surface area contributed by atoms with E-state index in [0.717, 1.165) is 0 Å². The molecule has 0 aliphatic rings. The molecule has 0 radical (unpaired) electrons. The molecular weight excluding hydrogens is 272 g/mol. The number of benzene rings is 1. The van der Waals surface area contributed by atoms with Crippen molar-refractivity contribution < 1.29 is 9.53 Å². The van der Waals surface area contributed by atoms with Crippen molar-refractivity contribution in [2.75, 3.05) is 11.9 Å². The van der Waals surface area contributed by atoms with Crippen molar-refractivity contribution in [3.8, 4) is 0 Å². The average molecular weight is 287 g/mol. The quantitative estimate of drug-likeness (QED) is 0.642. The second kappa shape index (κ2) is 6.56. The van der Waals surface area contributed by atoms with Crippen LogP contribution in [0, 0.1) is 0 Å². The standard InChI is InChI=1S/C12H15ClN2O2S/c1-3-17-12(16)7(2)15-10-6-8(13)4-5-9(10)11(14)18/h4-7,15H,3H2,1-2H3,(H2,14,18). The smallest absolute Gasteiger partial charge is 0.328 e. The normalized spacial score (nSPS) is 11.7. The summed E-state index contributed by atoms with van der Waals surface area (Å²) < 4.78 is 4.91. The predicted molar refractivity (Wildman–Crippen MR) is 77.1 cm³/mol. The second-order valence-electron chi connectivity index (χ2n) is 3.67. The molecule has 0 bridgehead atoms. The number of ether oxygens (including phenoxy) is 1. The molecule has 0 spiro atoms. The molecule has 0 fully saturated rings. The van der Waals surface area contributed by atoms with E-state index in [0.29, 0.717) is 22.9 Å². The van der Waals surface area contributed by atoms with Gasteiger partial charge in [0.1, 0.15) is 11.0 Å². The highest BCUT2D eigenvalue weighted by Gasteiger charge is 2.16. The number of thiocarbonyl (C=S) groups is 1. The summed E-state index contributed by atoms with van der Waals surface area (Å²) in [5, 5.41) is 3.53. The van der Waals surface area contributed by atoms with Crippen molar-refractivity contribution in [1.82, 2.24) is 0 Å². The van der Waals surface area contributed by atoms with E-state index in [1.54, 1.807) is 32.0 Å². The van der Waals surface area contributed by atoms with E-state index in [9.17, 15) is 4.79 Å². The van der Waals surface area contributed by atoms with E-state index < -0.39 is 6.04 Å². The molecule has 1 unspecified atom stereocenters. The molecule has 3 N–H and O–H groups in total. The van der Waals surface area contributed by atoms with Crippen molar-refractivity contribution in [2.45, 2.75) is 19.9 Å². The zero-order valence-corrected chi connectivity index (χ0v) is 11.8. The van der Waals surface area contributed by atoms with Crippen molar-refractivity contribution >= 4 is 40.5 Å². The molecule has 6 heteroatoms. The average Bonchev–Trinajstić information content (AvgIpc) is 2.28. The molecule has 1 aromatic carbocycles. The lowest BCUT2D eigenvalue weighted by molar-refractivity contribution is -0.143. The van der Waals surface area contributed by atoms with Crippen LogP contribution in [0.15, 0.2) is 18.2 Å².